The van der Waals surface area contributed by atoms with E-state index in [1.165, 1.54) is 99.5 Å². The van der Waals surface area contributed by atoms with Crippen LogP contribution in [0.5, 0.6) is 0 Å². The van der Waals surface area contributed by atoms with Gasteiger partial charge in [-0.1, -0.05) is 163 Å². The van der Waals surface area contributed by atoms with Gasteiger partial charge in [0.25, 0.3) is 0 Å². The molecule has 0 fully saturated rings. The van der Waals surface area contributed by atoms with Crippen molar-refractivity contribution in [2.45, 2.75) is 57.8 Å². The lowest BCUT2D eigenvalue weighted by atomic mass is 9.64. The lowest BCUT2D eigenvalue weighted by molar-refractivity contribution is 0.590. The molecule has 1 spiro atoms. The Labute approximate surface area is 386 Å². The first-order valence-corrected chi connectivity index (χ1v) is 23.4. The summed E-state index contributed by atoms with van der Waals surface area (Å²) in [4.78, 5) is 2.46. The maximum absolute atomic E-state index is 2.52. The maximum atomic E-state index is 2.52. The van der Waals surface area contributed by atoms with Gasteiger partial charge in [0.05, 0.1) is 38.9 Å². The van der Waals surface area contributed by atoms with Crippen LogP contribution in [0, 0.1) is 0 Å². The van der Waals surface area contributed by atoms with Crippen molar-refractivity contribution in [1.82, 2.24) is 9.13 Å². The Morgan fingerprint density at radius 2 is 0.803 bits per heavy atom. The molecule has 0 amide bonds. The smallest absolute Gasteiger partial charge is 0.0755 e. The first-order chi connectivity index (χ1) is 32.0. The normalized spacial score (nSPS) is 14.0. The average Bonchev–Trinajstić information content (AvgIpc) is 3.95. The molecule has 13 rings (SSSR count). The molecule has 318 valence electrons. The van der Waals surface area contributed by atoms with E-state index in [9.17, 15) is 0 Å². The molecule has 3 heteroatoms. The summed E-state index contributed by atoms with van der Waals surface area (Å²) in [6.45, 7) is 13.9. The number of fused-ring (bicyclic) bond motifs is 15. The van der Waals surface area contributed by atoms with Crippen LogP contribution in [0.1, 0.15) is 74.9 Å². The summed E-state index contributed by atoms with van der Waals surface area (Å²) in [5.41, 5.74) is 20.7. The highest BCUT2D eigenvalue weighted by molar-refractivity contribution is 6.12. The Morgan fingerprint density at radius 1 is 0.318 bits per heavy atom. The molecule has 66 heavy (non-hydrogen) atoms. The lowest BCUT2D eigenvalue weighted by Crippen LogP contribution is -2.36. The predicted octanol–water partition coefficient (Wildman–Crippen LogP) is 16.6. The van der Waals surface area contributed by atoms with Crippen LogP contribution in [0.3, 0.4) is 0 Å². The Bertz CT molecular complexity index is 3670. The van der Waals surface area contributed by atoms with Crippen LogP contribution < -0.4 is 4.90 Å². The molecular weight excluding hydrogens is 799 g/mol. The van der Waals surface area contributed by atoms with Gasteiger partial charge in [0.15, 0.2) is 0 Å². The van der Waals surface area contributed by atoms with Crippen molar-refractivity contribution in [2.75, 3.05) is 4.90 Å². The zero-order valence-corrected chi connectivity index (χ0v) is 38.4. The number of nitrogens with zero attached hydrogens (tertiary/aromatic N) is 3. The molecule has 3 heterocycles. The van der Waals surface area contributed by atoms with Gasteiger partial charge in [-0.3, -0.25) is 0 Å². The van der Waals surface area contributed by atoms with Crippen LogP contribution in [0.25, 0.3) is 66.1 Å². The molecule has 0 N–H and O–H groups in total. The van der Waals surface area contributed by atoms with E-state index in [1.54, 1.807) is 0 Å². The molecule has 11 aromatic rings. The topological polar surface area (TPSA) is 13.1 Å². The third-order valence-electron chi connectivity index (χ3n) is 14.8. The van der Waals surface area contributed by atoms with Crippen molar-refractivity contribution in [1.29, 1.82) is 0 Å². The molecule has 2 aromatic heterocycles. The van der Waals surface area contributed by atoms with Gasteiger partial charge in [0.2, 0.25) is 0 Å². The van der Waals surface area contributed by atoms with E-state index in [2.05, 4.69) is 256 Å². The Hall–Kier alpha value is -7.62. The molecule has 3 nitrogen and oxygen atoms in total. The molecule has 0 saturated carbocycles. The number of rotatable bonds is 3. The van der Waals surface area contributed by atoms with Crippen LogP contribution in [-0.2, 0) is 16.2 Å². The molecule has 1 aliphatic heterocycles. The predicted molar refractivity (Wildman–Crippen MR) is 278 cm³/mol. The van der Waals surface area contributed by atoms with Crippen LogP contribution in [-0.4, -0.2) is 9.13 Å². The third-order valence-corrected chi connectivity index (χ3v) is 14.8. The number of para-hydroxylation sites is 4. The van der Waals surface area contributed by atoms with Crippen molar-refractivity contribution >= 4 is 60.7 Å². The fourth-order valence-corrected chi connectivity index (χ4v) is 11.7. The van der Waals surface area contributed by atoms with Gasteiger partial charge >= 0.3 is 0 Å². The van der Waals surface area contributed by atoms with Gasteiger partial charge in [-0.25, -0.2) is 0 Å². The second-order valence-electron chi connectivity index (χ2n) is 20.6. The Morgan fingerprint density at radius 3 is 1.45 bits per heavy atom. The van der Waals surface area contributed by atoms with E-state index >= 15 is 0 Å². The van der Waals surface area contributed by atoms with Crippen LogP contribution in [0.4, 0.5) is 17.1 Å². The minimum absolute atomic E-state index is 0.0307. The van der Waals surface area contributed by atoms with E-state index in [-0.39, 0.29) is 10.8 Å². The number of aromatic nitrogens is 2. The zero-order chi connectivity index (χ0) is 44.7. The summed E-state index contributed by atoms with van der Waals surface area (Å²) in [7, 11) is 0. The van der Waals surface area contributed by atoms with Crippen LogP contribution in [0.15, 0.2) is 200 Å². The summed E-state index contributed by atoms with van der Waals surface area (Å²) < 4.78 is 5.01. The number of hydrogen-bond donors (Lipinski definition) is 0. The molecule has 1 aliphatic carbocycles. The minimum Gasteiger partial charge on any atom is -0.310 e. The van der Waals surface area contributed by atoms with E-state index < -0.39 is 5.41 Å². The summed E-state index contributed by atoms with van der Waals surface area (Å²) in [6, 6.07) is 75.7. The van der Waals surface area contributed by atoms with Crippen molar-refractivity contribution in [2.24, 2.45) is 0 Å². The minimum atomic E-state index is -0.550. The van der Waals surface area contributed by atoms with Gasteiger partial charge in [0, 0.05) is 38.6 Å². The number of benzene rings is 9. The van der Waals surface area contributed by atoms with E-state index in [4.69, 9.17) is 0 Å². The van der Waals surface area contributed by atoms with Crippen molar-refractivity contribution in [3.8, 4) is 22.5 Å². The summed E-state index contributed by atoms with van der Waals surface area (Å²) >= 11 is 0. The van der Waals surface area contributed by atoms with Crippen molar-refractivity contribution in [3.05, 3.63) is 234 Å². The van der Waals surface area contributed by atoms with E-state index in [1.807, 2.05) is 0 Å². The first-order valence-electron chi connectivity index (χ1n) is 23.4. The lowest BCUT2D eigenvalue weighted by Gasteiger charge is -2.45. The molecule has 0 radical (unpaired) electrons. The fraction of sp³-hybridized carbons (Fsp3) is 0.143. The van der Waals surface area contributed by atoms with Gasteiger partial charge in [-0.2, -0.15) is 0 Å². The summed E-state index contributed by atoms with van der Waals surface area (Å²) in [5.74, 6) is 0. The van der Waals surface area contributed by atoms with Gasteiger partial charge in [0.1, 0.15) is 0 Å². The quantitative estimate of drug-likeness (QED) is 0.173. The number of hydrogen-bond acceptors (Lipinski definition) is 1. The largest absolute Gasteiger partial charge is 0.310 e. The highest BCUT2D eigenvalue weighted by atomic mass is 15.2. The second-order valence-corrected chi connectivity index (χ2v) is 20.6. The van der Waals surface area contributed by atoms with Crippen LogP contribution >= 0.6 is 0 Å². The average molecular weight is 850 g/mol. The summed E-state index contributed by atoms with van der Waals surface area (Å²) in [6.07, 6.45) is 0. The standard InChI is InChI=1S/C63H51N3/c1-61(2,3)40-28-34-56-49(36-40)50-37-41(62(4,5)6)29-35-57(50)65(56)44-31-33-48-47-21-11-15-25-55(47)66(60(48)39-44)43-30-32-46-45-20-10-12-22-51(45)63(54(46)38-43)52-23-13-16-26-58(52)64(42-18-8-7-9-19-42)59-27-17-14-24-53(59)63/h7-39H,1-6H3. The van der Waals surface area contributed by atoms with Gasteiger partial charge in [-0.15, -0.1) is 0 Å². The SMILES string of the molecule is CC(C)(C)c1ccc2c(c1)c1cc(C(C)(C)C)ccc1n2-c1ccc2c3ccccc3n(-c3ccc4c(c3)C3(c5ccccc5-4)c4ccccc4N(c4ccccc4)c4ccccc43)c2c1. The zero-order valence-electron chi connectivity index (χ0n) is 38.4. The highest BCUT2D eigenvalue weighted by Crippen LogP contribution is 2.63. The second kappa shape index (κ2) is 13.7. The maximum Gasteiger partial charge on any atom is 0.0755 e. The highest BCUT2D eigenvalue weighted by Gasteiger charge is 2.51. The van der Waals surface area contributed by atoms with Crippen molar-refractivity contribution < 1.29 is 0 Å². The van der Waals surface area contributed by atoms with E-state index in [0.717, 1.165) is 17.1 Å². The molecule has 0 saturated heterocycles. The van der Waals surface area contributed by atoms with Crippen LogP contribution in [0.2, 0.25) is 0 Å². The summed E-state index contributed by atoms with van der Waals surface area (Å²) in [5, 5.41) is 5.08. The molecule has 2 aliphatic rings. The van der Waals surface area contributed by atoms with Gasteiger partial charge < -0.3 is 14.0 Å². The molecule has 0 unspecified atom stereocenters. The third kappa shape index (κ3) is 5.31. The first kappa shape index (κ1) is 38.8. The Balaban J connectivity index is 1.08. The van der Waals surface area contributed by atoms with Crippen molar-refractivity contribution in [3.63, 3.8) is 0 Å². The van der Waals surface area contributed by atoms with Gasteiger partial charge in [-0.05, 0) is 134 Å². The molecule has 0 bridgehead atoms. The Kier molecular flexibility index (Phi) is 8.06. The monoisotopic (exact) mass is 849 g/mol. The molecule has 9 aromatic carbocycles. The number of anilines is 3. The molecular formula is C63H51N3. The molecule has 0 atom stereocenters. The fourth-order valence-electron chi connectivity index (χ4n) is 11.7. The van der Waals surface area contributed by atoms with E-state index in [0.29, 0.717) is 0 Å².